The molecule has 8 nitrogen and oxygen atoms in total. The highest BCUT2D eigenvalue weighted by Crippen LogP contribution is 2.41. The van der Waals surface area contributed by atoms with Crippen LogP contribution < -0.4 is 9.47 Å². The monoisotopic (exact) mass is 414 g/mol. The molecule has 30 heavy (non-hydrogen) atoms. The summed E-state index contributed by atoms with van der Waals surface area (Å²) in [6.07, 6.45) is -0.399. The quantitative estimate of drug-likeness (QED) is 0.696. The van der Waals surface area contributed by atoms with Crippen LogP contribution in [0.3, 0.4) is 0 Å². The van der Waals surface area contributed by atoms with Crippen molar-refractivity contribution in [1.29, 1.82) is 0 Å². The molecule has 2 aromatic heterocycles. The lowest BCUT2D eigenvalue weighted by atomic mass is 10.1. The Morgan fingerprint density at radius 2 is 1.67 bits per heavy atom. The van der Waals surface area contributed by atoms with Crippen LogP contribution in [0, 0.1) is 0 Å². The molecule has 154 valence electrons. The van der Waals surface area contributed by atoms with E-state index < -0.39 is 6.29 Å². The van der Waals surface area contributed by atoms with Crippen molar-refractivity contribution >= 4 is 22.7 Å². The lowest BCUT2D eigenvalue weighted by Gasteiger charge is -2.34. The average molecular weight is 414 g/mol. The maximum absolute atomic E-state index is 13.2. The van der Waals surface area contributed by atoms with E-state index in [0.717, 1.165) is 10.9 Å². The molecule has 1 aromatic carbocycles. The summed E-state index contributed by atoms with van der Waals surface area (Å²) in [6, 6.07) is 7.50. The zero-order valence-electron chi connectivity index (χ0n) is 15.6. The van der Waals surface area contributed by atoms with Gasteiger partial charge >= 0.3 is 6.29 Å². The van der Waals surface area contributed by atoms with Gasteiger partial charge in [-0.3, -0.25) is 14.6 Å². The zero-order chi connectivity index (χ0) is 20.9. The third kappa shape index (κ3) is 3.19. The van der Waals surface area contributed by atoms with Crippen molar-refractivity contribution in [2.45, 2.75) is 6.29 Å². The fourth-order valence-corrected chi connectivity index (χ4v) is 3.63. The van der Waals surface area contributed by atoms with Crippen LogP contribution in [0.4, 0.5) is 8.78 Å². The maximum Gasteiger partial charge on any atom is 0.586 e. The lowest BCUT2D eigenvalue weighted by Crippen LogP contribution is -2.50. The number of benzene rings is 1. The van der Waals surface area contributed by atoms with E-state index in [0.29, 0.717) is 31.9 Å². The number of ether oxygens (including phenoxy) is 2. The number of rotatable bonds is 2. The minimum Gasteiger partial charge on any atom is -0.395 e. The molecule has 1 saturated heterocycles. The van der Waals surface area contributed by atoms with E-state index in [-0.39, 0.29) is 28.9 Å². The average Bonchev–Trinajstić information content (AvgIpc) is 3.31. The number of halogens is 2. The van der Waals surface area contributed by atoms with Crippen LogP contribution in [0.1, 0.15) is 20.8 Å². The van der Waals surface area contributed by atoms with Gasteiger partial charge in [0.25, 0.3) is 11.8 Å². The third-order valence-electron chi connectivity index (χ3n) is 5.15. The van der Waals surface area contributed by atoms with Crippen LogP contribution in [0.2, 0.25) is 0 Å². The van der Waals surface area contributed by atoms with Gasteiger partial charge in [0.2, 0.25) is 0 Å². The van der Waals surface area contributed by atoms with Crippen LogP contribution >= 0.6 is 0 Å². The molecule has 1 N–H and O–H groups in total. The number of amides is 2. The SMILES string of the molecule is O=C(c1ccc2c(c1)OC(F)(F)O2)N1CCN(C(=O)c2cc3cnccc3[nH]2)CC1. The van der Waals surface area contributed by atoms with Crippen molar-refractivity contribution in [1.82, 2.24) is 19.8 Å². The molecule has 0 saturated carbocycles. The smallest absolute Gasteiger partial charge is 0.395 e. The number of H-pyrrole nitrogens is 1. The minimum atomic E-state index is -3.73. The molecule has 0 unspecified atom stereocenters. The summed E-state index contributed by atoms with van der Waals surface area (Å²) in [5.41, 5.74) is 1.52. The number of hydrogen-bond donors (Lipinski definition) is 1. The van der Waals surface area contributed by atoms with E-state index in [2.05, 4.69) is 19.4 Å². The van der Waals surface area contributed by atoms with Crippen LogP contribution in [0.25, 0.3) is 10.9 Å². The number of nitrogens with one attached hydrogen (secondary N) is 1. The van der Waals surface area contributed by atoms with E-state index in [1.807, 2.05) is 0 Å². The predicted molar refractivity (Wildman–Crippen MR) is 101 cm³/mol. The predicted octanol–water partition coefficient (Wildman–Crippen LogP) is 2.48. The van der Waals surface area contributed by atoms with Gasteiger partial charge < -0.3 is 24.3 Å². The Hall–Kier alpha value is -3.69. The van der Waals surface area contributed by atoms with E-state index in [4.69, 9.17) is 0 Å². The normalized spacial score (nSPS) is 17.4. The van der Waals surface area contributed by atoms with E-state index in [1.165, 1.54) is 18.2 Å². The first-order valence-electron chi connectivity index (χ1n) is 9.31. The molecule has 0 bridgehead atoms. The number of aromatic nitrogens is 2. The first-order chi connectivity index (χ1) is 14.4. The van der Waals surface area contributed by atoms with Crippen molar-refractivity contribution in [3.63, 3.8) is 0 Å². The first-order valence-corrected chi connectivity index (χ1v) is 9.31. The first kappa shape index (κ1) is 18.3. The highest BCUT2D eigenvalue weighted by atomic mass is 19.3. The molecule has 0 aliphatic carbocycles. The zero-order valence-corrected chi connectivity index (χ0v) is 15.6. The lowest BCUT2D eigenvalue weighted by molar-refractivity contribution is -0.286. The second-order valence-corrected chi connectivity index (χ2v) is 7.06. The number of fused-ring (bicyclic) bond motifs is 2. The Kier molecular flexibility index (Phi) is 4.09. The summed E-state index contributed by atoms with van der Waals surface area (Å²) < 4.78 is 35.1. The number of pyridine rings is 1. The van der Waals surface area contributed by atoms with Crippen LogP contribution in [-0.4, -0.2) is 64.1 Å². The Morgan fingerprint density at radius 1 is 0.967 bits per heavy atom. The summed E-state index contributed by atoms with van der Waals surface area (Å²) in [7, 11) is 0. The van der Waals surface area contributed by atoms with Crippen molar-refractivity contribution < 1.29 is 27.8 Å². The van der Waals surface area contributed by atoms with Gasteiger partial charge in [0, 0.05) is 55.0 Å². The van der Waals surface area contributed by atoms with Gasteiger partial charge in [-0.1, -0.05) is 0 Å². The van der Waals surface area contributed by atoms with Crippen molar-refractivity contribution in [3.05, 3.63) is 54.0 Å². The second-order valence-electron chi connectivity index (χ2n) is 7.06. The number of carbonyl (C=O) groups excluding carboxylic acids is 2. The van der Waals surface area contributed by atoms with Crippen molar-refractivity contribution in [2.24, 2.45) is 0 Å². The Morgan fingerprint density at radius 3 is 2.40 bits per heavy atom. The number of nitrogens with zero attached hydrogens (tertiary/aromatic N) is 3. The fraction of sp³-hybridized carbons (Fsp3) is 0.250. The molecule has 0 spiro atoms. The second kappa shape index (κ2) is 6.68. The maximum atomic E-state index is 13.2. The van der Waals surface area contributed by atoms with Gasteiger partial charge in [-0.15, -0.1) is 8.78 Å². The molecule has 4 heterocycles. The summed E-state index contributed by atoms with van der Waals surface area (Å²) in [4.78, 5) is 35.9. The molecule has 5 rings (SSSR count). The number of alkyl halides is 2. The van der Waals surface area contributed by atoms with Crippen LogP contribution in [0.5, 0.6) is 11.5 Å². The van der Waals surface area contributed by atoms with E-state index >= 15 is 0 Å². The summed E-state index contributed by atoms with van der Waals surface area (Å²) in [6.45, 7) is 1.38. The highest BCUT2D eigenvalue weighted by Gasteiger charge is 2.43. The highest BCUT2D eigenvalue weighted by molar-refractivity contribution is 5.98. The van der Waals surface area contributed by atoms with Gasteiger partial charge in [0.1, 0.15) is 5.69 Å². The number of carbonyl (C=O) groups is 2. The summed E-state index contributed by atoms with van der Waals surface area (Å²) in [5, 5.41) is 0.850. The third-order valence-corrected chi connectivity index (χ3v) is 5.15. The molecule has 0 atom stereocenters. The Bertz CT molecular complexity index is 1120. The molecule has 2 aliphatic heterocycles. The van der Waals surface area contributed by atoms with Gasteiger partial charge in [0.15, 0.2) is 11.5 Å². The molecule has 2 aliphatic rings. The minimum absolute atomic E-state index is 0.111. The van der Waals surface area contributed by atoms with Gasteiger partial charge in [-0.05, 0) is 30.3 Å². The standard InChI is InChI=1S/C20H16F2N4O4/c21-20(22)29-16-2-1-12(10-17(16)30-20)18(27)25-5-7-26(8-6-25)19(28)15-9-13-11-23-4-3-14(13)24-15/h1-4,9-11,24H,5-8H2. The molecule has 1 fully saturated rings. The van der Waals surface area contributed by atoms with Crippen LogP contribution in [0.15, 0.2) is 42.7 Å². The largest absolute Gasteiger partial charge is 0.586 e. The topological polar surface area (TPSA) is 87.8 Å². The molecule has 2 amide bonds. The summed E-state index contributed by atoms with van der Waals surface area (Å²) in [5.74, 6) is -0.752. The molecular formula is C20H16F2N4O4. The molecule has 3 aromatic rings. The number of piperazine rings is 1. The van der Waals surface area contributed by atoms with Gasteiger partial charge in [-0.25, -0.2) is 0 Å². The molecule has 10 heteroatoms. The Balaban J connectivity index is 1.25. The van der Waals surface area contributed by atoms with Crippen LogP contribution in [-0.2, 0) is 0 Å². The number of aromatic amines is 1. The summed E-state index contributed by atoms with van der Waals surface area (Å²) >= 11 is 0. The molecular weight excluding hydrogens is 398 g/mol. The fourth-order valence-electron chi connectivity index (χ4n) is 3.63. The van der Waals surface area contributed by atoms with Gasteiger partial charge in [-0.2, -0.15) is 0 Å². The van der Waals surface area contributed by atoms with Gasteiger partial charge in [0.05, 0.1) is 0 Å². The van der Waals surface area contributed by atoms with Crippen molar-refractivity contribution in [2.75, 3.05) is 26.2 Å². The van der Waals surface area contributed by atoms with Crippen molar-refractivity contribution in [3.8, 4) is 11.5 Å². The Labute approximate surface area is 169 Å². The van der Waals surface area contributed by atoms with E-state index in [9.17, 15) is 18.4 Å². The molecule has 0 radical (unpaired) electrons. The number of hydrogen-bond acceptors (Lipinski definition) is 5. The van der Waals surface area contributed by atoms with E-state index in [1.54, 1.807) is 34.3 Å².